The van der Waals surface area contributed by atoms with E-state index in [-0.39, 0.29) is 5.88 Å². The molecule has 0 aliphatic heterocycles. The predicted molar refractivity (Wildman–Crippen MR) is 71.1 cm³/mol. The van der Waals surface area contributed by atoms with Crippen molar-refractivity contribution in [3.05, 3.63) is 53.6 Å². The molecule has 4 heteroatoms. The second kappa shape index (κ2) is 6.00. The first-order valence-corrected chi connectivity index (χ1v) is 5.98. The lowest BCUT2D eigenvalue weighted by atomic mass is 10.2. The summed E-state index contributed by atoms with van der Waals surface area (Å²) in [6.07, 6.45) is 0. The van der Waals surface area contributed by atoms with E-state index in [1.54, 1.807) is 6.07 Å². The molecule has 0 radical (unpaired) electrons. The second-order valence-electron chi connectivity index (χ2n) is 4.14. The highest BCUT2D eigenvalue weighted by molar-refractivity contribution is 5.69. The molecular formula is C15H15NO3. The van der Waals surface area contributed by atoms with Crippen LogP contribution in [0.2, 0.25) is 0 Å². The number of benzene rings is 1. The molecule has 0 saturated heterocycles. The van der Waals surface area contributed by atoms with Gasteiger partial charge in [-0.05, 0) is 18.6 Å². The van der Waals surface area contributed by atoms with E-state index in [0.717, 1.165) is 11.1 Å². The van der Waals surface area contributed by atoms with Crippen LogP contribution in [0.3, 0.4) is 0 Å². The Kier molecular flexibility index (Phi) is 4.13. The van der Waals surface area contributed by atoms with Crippen LogP contribution < -0.4 is 9.47 Å². The molecule has 0 amide bonds. The Morgan fingerprint density at radius 3 is 2.58 bits per heavy atom. The fraction of sp³-hybridized carbons (Fsp3) is 0.200. The minimum Gasteiger partial charge on any atom is -0.473 e. The average molecular weight is 257 g/mol. The Labute approximate surface area is 112 Å². The Bertz CT molecular complexity index is 567. The molecule has 0 saturated carbocycles. The van der Waals surface area contributed by atoms with Crippen LogP contribution in [-0.4, -0.2) is 11.0 Å². The van der Waals surface area contributed by atoms with E-state index in [4.69, 9.17) is 9.47 Å². The van der Waals surface area contributed by atoms with E-state index in [9.17, 15) is 4.79 Å². The first-order valence-electron chi connectivity index (χ1n) is 5.98. The number of nitrogens with zero attached hydrogens (tertiary/aromatic N) is 1. The molecule has 98 valence electrons. The van der Waals surface area contributed by atoms with Gasteiger partial charge in [-0.2, -0.15) is 4.98 Å². The van der Waals surface area contributed by atoms with Gasteiger partial charge in [0.15, 0.2) is 0 Å². The molecule has 0 aliphatic rings. The number of esters is 1. The molecule has 0 spiro atoms. The molecule has 0 aliphatic carbocycles. The van der Waals surface area contributed by atoms with Gasteiger partial charge < -0.3 is 9.47 Å². The SMILES string of the molecule is CC(=O)Oc1nc(OCc2ccccc2)ccc1C. The highest BCUT2D eigenvalue weighted by Gasteiger charge is 2.07. The van der Waals surface area contributed by atoms with Gasteiger partial charge in [0.2, 0.25) is 11.8 Å². The first-order chi connectivity index (χ1) is 9.15. The van der Waals surface area contributed by atoms with Crippen LogP contribution >= 0.6 is 0 Å². The molecule has 0 N–H and O–H groups in total. The zero-order valence-electron chi connectivity index (χ0n) is 10.9. The zero-order valence-corrected chi connectivity index (χ0v) is 10.9. The van der Waals surface area contributed by atoms with Gasteiger partial charge in [0.05, 0.1) is 0 Å². The number of aromatic nitrogens is 1. The van der Waals surface area contributed by atoms with E-state index in [1.807, 2.05) is 43.3 Å². The van der Waals surface area contributed by atoms with Crippen LogP contribution in [0.25, 0.3) is 0 Å². The quantitative estimate of drug-likeness (QED) is 0.790. The summed E-state index contributed by atoms with van der Waals surface area (Å²) in [6, 6.07) is 13.4. The normalized spacial score (nSPS) is 10.0. The maximum absolute atomic E-state index is 11.0. The molecule has 0 unspecified atom stereocenters. The number of hydrogen-bond acceptors (Lipinski definition) is 4. The number of hydrogen-bond donors (Lipinski definition) is 0. The number of rotatable bonds is 4. The summed E-state index contributed by atoms with van der Waals surface area (Å²) >= 11 is 0. The van der Waals surface area contributed by atoms with Crippen molar-refractivity contribution in [1.29, 1.82) is 0 Å². The van der Waals surface area contributed by atoms with Crippen LogP contribution in [0.1, 0.15) is 18.1 Å². The molecule has 1 aromatic heterocycles. The van der Waals surface area contributed by atoms with E-state index in [1.165, 1.54) is 6.92 Å². The van der Waals surface area contributed by atoms with Crippen molar-refractivity contribution in [2.75, 3.05) is 0 Å². The fourth-order valence-electron chi connectivity index (χ4n) is 1.54. The number of pyridine rings is 1. The Morgan fingerprint density at radius 1 is 1.16 bits per heavy atom. The maximum Gasteiger partial charge on any atom is 0.309 e. The third-order valence-electron chi connectivity index (χ3n) is 2.49. The third kappa shape index (κ3) is 3.81. The summed E-state index contributed by atoms with van der Waals surface area (Å²) in [6.45, 7) is 3.60. The summed E-state index contributed by atoms with van der Waals surface area (Å²) in [5.74, 6) is 0.333. The van der Waals surface area contributed by atoms with Gasteiger partial charge in [-0.25, -0.2) is 0 Å². The minimum absolute atomic E-state index is 0.290. The van der Waals surface area contributed by atoms with Gasteiger partial charge >= 0.3 is 5.97 Å². The molecule has 0 fully saturated rings. The van der Waals surface area contributed by atoms with Crippen LogP contribution in [0.5, 0.6) is 11.8 Å². The Morgan fingerprint density at radius 2 is 1.89 bits per heavy atom. The summed E-state index contributed by atoms with van der Waals surface area (Å²) in [4.78, 5) is 15.1. The van der Waals surface area contributed by atoms with Crippen LogP contribution in [-0.2, 0) is 11.4 Å². The number of aryl methyl sites for hydroxylation is 1. The second-order valence-corrected chi connectivity index (χ2v) is 4.14. The van der Waals surface area contributed by atoms with Gasteiger partial charge in [0, 0.05) is 18.6 Å². The Balaban J connectivity index is 2.06. The van der Waals surface area contributed by atoms with Crippen molar-refractivity contribution in [3.63, 3.8) is 0 Å². The molecule has 2 rings (SSSR count). The van der Waals surface area contributed by atoms with Crippen molar-refractivity contribution < 1.29 is 14.3 Å². The largest absolute Gasteiger partial charge is 0.473 e. The van der Waals surface area contributed by atoms with Gasteiger partial charge in [-0.15, -0.1) is 0 Å². The van der Waals surface area contributed by atoms with Crippen molar-refractivity contribution in [1.82, 2.24) is 4.98 Å². The number of carbonyl (C=O) groups excluding carboxylic acids is 1. The molecule has 0 atom stereocenters. The molecule has 19 heavy (non-hydrogen) atoms. The smallest absolute Gasteiger partial charge is 0.309 e. The molecule has 2 aromatic rings. The van der Waals surface area contributed by atoms with Crippen molar-refractivity contribution in [2.24, 2.45) is 0 Å². The topological polar surface area (TPSA) is 48.4 Å². The highest BCUT2D eigenvalue weighted by atomic mass is 16.5. The summed E-state index contributed by atoms with van der Waals surface area (Å²) < 4.78 is 10.6. The number of carbonyl (C=O) groups is 1. The van der Waals surface area contributed by atoms with Gasteiger partial charge in [-0.3, -0.25) is 4.79 Å². The molecule has 4 nitrogen and oxygen atoms in total. The lowest BCUT2D eigenvalue weighted by molar-refractivity contribution is -0.132. The van der Waals surface area contributed by atoms with Crippen molar-refractivity contribution in [2.45, 2.75) is 20.5 Å². The zero-order chi connectivity index (χ0) is 13.7. The van der Waals surface area contributed by atoms with E-state index >= 15 is 0 Å². The lowest BCUT2D eigenvalue weighted by Gasteiger charge is -2.08. The number of ether oxygens (including phenoxy) is 2. The van der Waals surface area contributed by atoms with E-state index < -0.39 is 5.97 Å². The van der Waals surface area contributed by atoms with Gasteiger partial charge in [-0.1, -0.05) is 30.3 Å². The Hall–Kier alpha value is -2.36. The third-order valence-corrected chi connectivity index (χ3v) is 2.49. The molecular weight excluding hydrogens is 242 g/mol. The van der Waals surface area contributed by atoms with Crippen LogP contribution in [0.15, 0.2) is 42.5 Å². The molecule has 1 heterocycles. The monoisotopic (exact) mass is 257 g/mol. The minimum atomic E-state index is -0.393. The van der Waals surface area contributed by atoms with Crippen molar-refractivity contribution >= 4 is 5.97 Å². The van der Waals surface area contributed by atoms with E-state index in [2.05, 4.69) is 4.98 Å². The van der Waals surface area contributed by atoms with Crippen molar-refractivity contribution in [3.8, 4) is 11.8 Å². The molecule has 1 aromatic carbocycles. The maximum atomic E-state index is 11.0. The standard InChI is InChI=1S/C15H15NO3/c1-11-8-9-14(16-15(11)19-12(2)17)18-10-13-6-4-3-5-7-13/h3-9H,10H2,1-2H3. The lowest BCUT2D eigenvalue weighted by Crippen LogP contribution is -2.06. The first kappa shape index (κ1) is 13.1. The van der Waals surface area contributed by atoms with E-state index in [0.29, 0.717) is 12.5 Å². The predicted octanol–water partition coefficient (Wildman–Crippen LogP) is 2.89. The highest BCUT2D eigenvalue weighted by Crippen LogP contribution is 2.20. The van der Waals surface area contributed by atoms with Crippen LogP contribution in [0.4, 0.5) is 0 Å². The summed E-state index contributed by atoms with van der Waals surface area (Å²) in [7, 11) is 0. The van der Waals surface area contributed by atoms with Gasteiger partial charge in [0.1, 0.15) is 6.61 Å². The fourth-order valence-corrected chi connectivity index (χ4v) is 1.54. The van der Waals surface area contributed by atoms with Gasteiger partial charge in [0.25, 0.3) is 0 Å². The molecule has 0 bridgehead atoms. The summed E-state index contributed by atoms with van der Waals surface area (Å²) in [5, 5.41) is 0. The average Bonchev–Trinajstić information content (AvgIpc) is 2.40. The summed E-state index contributed by atoms with van der Waals surface area (Å²) in [5.41, 5.74) is 1.85. The van der Waals surface area contributed by atoms with Crippen LogP contribution in [0, 0.1) is 6.92 Å².